The number of hydrogen-bond acceptors (Lipinski definition) is 3. The number of fused-ring (bicyclic) bond motifs is 1. The van der Waals surface area contributed by atoms with Crippen molar-refractivity contribution in [2.45, 2.75) is 13.8 Å². The minimum absolute atomic E-state index is 0.121. The van der Waals surface area contributed by atoms with Crippen LogP contribution in [0.2, 0.25) is 0 Å². The predicted molar refractivity (Wildman–Crippen MR) is 71.1 cm³/mol. The van der Waals surface area contributed by atoms with Crippen molar-refractivity contribution < 1.29 is 5.11 Å². The van der Waals surface area contributed by atoms with E-state index in [9.17, 15) is 5.11 Å². The molecule has 3 heteroatoms. The molecule has 2 N–H and O–H groups in total. The van der Waals surface area contributed by atoms with Gasteiger partial charge >= 0.3 is 0 Å². The van der Waals surface area contributed by atoms with E-state index in [2.05, 4.69) is 16.4 Å². The van der Waals surface area contributed by atoms with Gasteiger partial charge in [0, 0.05) is 42.0 Å². The predicted octanol–water partition coefficient (Wildman–Crippen LogP) is 2.67. The molecule has 0 atom stereocenters. The summed E-state index contributed by atoms with van der Waals surface area (Å²) in [5, 5.41) is 14.9. The van der Waals surface area contributed by atoms with Crippen molar-refractivity contribution in [3.05, 3.63) is 36.7 Å². The van der Waals surface area contributed by atoms with E-state index in [0.717, 1.165) is 17.6 Å². The van der Waals surface area contributed by atoms with E-state index >= 15 is 0 Å². The van der Waals surface area contributed by atoms with E-state index in [-0.39, 0.29) is 12.0 Å². The quantitative estimate of drug-likeness (QED) is 0.848. The third-order valence-electron chi connectivity index (χ3n) is 2.87. The Hall–Kier alpha value is -1.61. The number of aliphatic hydroxyl groups excluding tert-OH is 1. The minimum Gasteiger partial charge on any atom is -0.396 e. The molecular formula is C14H18N2O. The monoisotopic (exact) mass is 230 g/mol. The lowest BCUT2D eigenvalue weighted by atomic mass is 9.95. The maximum Gasteiger partial charge on any atom is 0.0498 e. The molecule has 2 rings (SSSR count). The molecule has 17 heavy (non-hydrogen) atoms. The second-order valence-electron chi connectivity index (χ2n) is 5.08. The van der Waals surface area contributed by atoms with Gasteiger partial charge in [-0.25, -0.2) is 0 Å². The van der Waals surface area contributed by atoms with Gasteiger partial charge in [0.1, 0.15) is 0 Å². The standard InChI is InChI=1S/C14H18N2O/c1-14(2,10-17)9-16-13-5-3-4-11-6-7-15-8-12(11)13/h3-8,16-17H,9-10H2,1-2H3. The van der Waals surface area contributed by atoms with Crippen LogP contribution in [0.3, 0.4) is 0 Å². The fourth-order valence-corrected chi connectivity index (χ4v) is 1.66. The Labute approximate surface area is 102 Å². The summed E-state index contributed by atoms with van der Waals surface area (Å²) in [5.41, 5.74) is 0.946. The highest BCUT2D eigenvalue weighted by Gasteiger charge is 2.16. The van der Waals surface area contributed by atoms with Crippen LogP contribution < -0.4 is 5.32 Å². The average Bonchev–Trinajstić information content (AvgIpc) is 2.36. The highest BCUT2D eigenvalue weighted by molar-refractivity contribution is 5.93. The third-order valence-corrected chi connectivity index (χ3v) is 2.87. The van der Waals surface area contributed by atoms with Crippen LogP contribution in [0.1, 0.15) is 13.8 Å². The van der Waals surface area contributed by atoms with Crippen LogP contribution >= 0.6 is 0 Å². The maximum atomic E-state index is 9.23. The summed E-state index contributed by atoms with van der Waals surface area (Å²) < 4.78 is 0. The molecule has 0 aliphatic carbocycles. The van der Waals surface area contributed by atoms with E-state index in [1.807, 2.05) is 38.2 Å². The molecule has 90 valence electrons. The molecule has 0 radical (unpaired) electrons. The fourth-order valence-electron chi connectivity index (χ4n) is 1.66. The van der Waals surface area contributed by atoms with Gasteiger partial charge in [0.15, 0.2) is 0 Å². The summed E-state index contributed by atoms with van der Waals surface area (Å²) in [6.07, 6.45) is 3.66. The molecule has 0 aliphatic heterocycles. The molecule has 0 saturated carbocycles. The van der Waals surface area contributed by atoms with Gasteiger partial charge in [0.2, 0.25) is 0 Å². The van der Waals surface area contributed by atoms with E-state index in [1.54, 1.807) is 6.20 Å². The second kappa shape index (κ2) is 4.72. The van der Waals surface area contributed by atoms with Gasteiger partial charge in [-0.3, -0.25) is 4.98 Å². The van der Waals surface area contributed by atoms with Crippen LogP contribution in [0.4, 0.5) is 5.69 Å². The number of anilines is 1. The molecule has 1 heterocycles. The Morgan fingerprint density at radius 3 is 2.88 bits per heavy atom. The Bertz CT molecular complexity index is 503. The van der Waals surface area contributed by atoms with Gasteiger partial charge in [-0.05, 0) is 17.5 Å². The summed E-state index contributed by atoms with van der Waals surface area (Å²) >= 11 is 0. The molecule has 0 amide bonds. The Balaban J connectivity index is 2.24. The number of rotatable bonds is 4. The first-order valence-electron chi connectivity index (χ1n) is 5.80. The number of aromatic nitrogens is 1. The zero-order valence-corrected chi connectivity index (χ0v) is 10.3. The van der Waals surface area contributed by atoms with E-state index in [0.29, 0.717) is 0 Å². The number of pyridine rings is 1. The van der Waals surface area contributed by atoms with Crippen LogP contribution in [-0.4, -0.2) is 23.2 Å². The lowest BCUT2D eigenvalue weighted by molar-refractivity contribution is 0.171. The number of nitrogens with zero attached hydrogens (tertiary/aromatic N) is 1. The zero-order valence-electron chi connectivity index (χ0n) is 10.3. The van der Waals surface area contributed by atoms with Gasteiger partial charge in [0.05, 0.1) is 0 Å². The molecule has 1 aromatic carbocycles. The van der Waals surface area contributed by atoms with Crippen molar-refractivity contribution in [1.29, 1.82) is 0 Å². The molecule has 0 aliphatic rings. The lowest BCUT2D eigenvalue weighted by Crippen LogP contribution is -2.26. The highest BCUT2D eigenvalue weighted by Crippen LogP contribution is 2.23. The topological polar surface area (TPSA) is 45.1 Å². The SMILES string of the molecule is CC(C)(CO)CNc1cccc2ccncc12. The molecule has 0 saturated heterocycles. The number of aliphatic hydroxyl groups is 1. The molecule has 3 nitrogen and oxygen atoms in total. The van der Waals surface area contributed by atoms with Crippen LogP contribution in [0.15, 0.2) is 36.7 Å². The van der Waals surface area contributed by atoms with Crippen molar-refractivity contribution >= 4 is 16.5 Å². The largest absolute Gasteiger partial charge is 0.396 e. The smallest absolute Gasteiger partial charge is 0.0498 e. The van der Waals surface area contributed by atoms with Gasteiger partial charge < -0.3 is 10.4 Å². The first-order chi connectivity index (χ1) is 8.12. The average molecular weight is 230 g/mol. The number of benzene rings is 1. The normalized spacial score (nSPS) is 11.7. The van der Waals surface area contributed by atoms with Crippen molar-refractivity contribution in [2.24, 2.45) is 5.41 Å². The van der Waals surface area contributed by atoms with E-state index in [4.69, 9.17) is 0 Å². The van der Waals surface area contributed by atoms with E-state index < -0.39 is 0 Å². The summed E-state index contributed by atoms with van der Waals surface area (Å²) in [6, 6.07) is 8.13. The summed E-state index contributed by atoms with van der Waals surface area (Å²) in [6.45, 7) is 4.97. The van der Waals surface area contributed by atoms with Gasteiger partial charge in [-0.1, -0.05) is 26.0 Å². The molecule has 0 spiro atoms. The van der Waals surface area contributed by atoms with Crippen molar-refractivity contribution in [3.63, 3.8) is 0 Å². The van der Waals surface area contributed by atoms with Crippen LogP contribution in [0.5, 0.6) is 0 Å². The van der Waals surface area contributed by atoms with Crippen LogP contribution in [-0.2, 0) is 0 Å². The van der Waals surface area contributed by atoms with Crippen molar-refractivity contribution in [1.82, 2.24) is 4.98 Å². The molecule has 2 aromatic rings. The van der Waals surface area contributed by atoms with Crippen molar-refractivity contribution in [2.75, 3.05) is 18.5 Å². The highest BCUT2D eigenvalue weighted by atomic mass is 16.3. The molecule has 0 fully saturated rings. The van der Waals surface area contributed by atoms with Crippen molar-refractivity contribution in [3.8, 4) is 0 Å². The van der Waals surface area contributed by atoms with Gasteiger partial charge in [0.25, 0.3) is 0 Å². The molecule has 0 bridgehead atoms. The summed E-state index contributed by atoms with van der Waals surface area (Å²) in [4.78, 5) is 4.15. The Morgan fingerprint density at radius 2 is 2.12 bits per heavy atom. The molecule has 0 unspecified atom stereocenters. The Kier molecular flexibility index (Phi) is 3.29. The number of hydrogen-bond donors (Lipinski definition) is 2. The minimum atomic E-state index is -0.121. The zero-order chi connectivity index (χ0) is 12.3. The van der Waals surface area contributed by atoms with Crippen LogP contribution in [0.25, 0.3) is 10.8 Å². The molecular weight excluding hydrogens is 212 g/mol. The van der Waals surface area contributed by atoms with E-state index in [1.165, 1.54) is 5.39 Å². The first kappa shape index (κ1) is 11.9. The second-order valence-corrected chi connectivity index (χ2v) is 5.08. The third kappa shape index (κ3) is 2.74. The summed E-state index contributed by atoms with van der Waals surface area (Å²) in [7, 11) is 0. The maximum absolute atomic E-state index is 9.23. The lowest BCUT2D eigenvalue weighted by Gasteiger charge is -2.23. The first-order valence-corrected chi connectivity index (χ1v) is 5.80. The number of nitrogens with one attached hydrogen (secondary N) is 1. The Morgan fingerprint density at radius 1 is 1.29 bits per heavy atom. The van der Waals surface area contributed by atoms with Gasteiger partial charge in [-0.15, -0.1) is 0 Å². The summed E-state index contributed by atoms with van der Waals surface area (Å²) in [5.74, 6) is 0. The van der Waals surface area contributed by atoms with Crippen LogP contribution in [0, 0.1) is 5.41 Å². The van der Waals surface area contributed by atoms with Gasteiger partial charge in [-0.2, -0.15) is 0 Å². The fraction of sp³-hybridized carbons (Fsp3) is 0.357. The molecule has 1 aromatic heterocycles.